The van der Waals surface area contributed by atoms with Crippen molar-refractivity contribution in [2.24, 2.45) is 5.73 Å². The van der Waals surface area contributed by atoms with Crippen LogP contribution in [0.25, 0.3) is 0 Å². The number of hydrogen-bond acceptors (Lipinski definition) is 2. The number of rotatable bonds is 4. The van der Waals surface area contributed by atoms with Gasteiger partial charge in [0.1, 0.15) is 11.8 Å². The fraction of sp³-hybridized carbons (Fsp3) is 0.500. The standard InChI is InChI=1S/C12H16F3NO/c1-3-8(2)17-10-7-5-4-6-9(10)11(16)12(13,14)15/h4-8,11H,3,16H2,1-2H3/t8?,11-/m0/s1. The largest absolute Gasteiger partial charge is 0.490 e. The van der Waals surface area contributed by atoms with Gasteiger partial charge in [-0.05, 0) is 19.4 Å². The molecule has 0 aromatic heterocycles. The van der Waals surface area contributed by atoms with Gasteiger partial charge in [0.25, 0.3) is 0 Å². The molecule has 0 radical (unpaired) electrons. The molecule has 1 rings (SSSR count). The maximum atomic E-state index is 12.6. The summed E-state index contributed by atoms with van der Waals surface area (Å²) in [5, 5.41) is 0. The van der Waals surface area contributed by atoms with Gasteiger partial charge in [0.05, 0.1) is 6.10 Å². The topological polar surface area (TPSA) is 35.2 Å². The molecule has 1 unspecified atom stereocenters. The van der Waals surface area contributed by atoms with Crippen LogP contribution in [0.2, 0.25) is 0 Å². The Balaban J connectivity index is 2.99. The van der Waals surface area contributed by atoms with Gasteiger partial charge in [0, 0.05) is 5.56 Å². The molecule has 0 aliphatic carbocycles. The Kier molecular flexibility index (Phi) is 4.40. The predicted octanol–water partition coefficient (Wildman–Crippen LogP) is 3.43. The molecule has 0 amide bonds. The van der Waals surface area contributed by atoms with Crippen LogP contribution in [0.1, 0.15) is 31.9 Å². The van der Waals surface area contributed by atoms with E-state index in [2.05, 4.69) is 0 Å². The number of nitrogens with two attached hydrogens (primary N) is 1. The summed E-state index contributed by atoms with van der Waals surface area (Å²) in [5.74, 6) is 0.201. The smallest absolute Gasteiger partial charge is 0.407 e. The zero-order chi connectivity index (χ0) is 13.1. The van der Waals surface area contributed by atoms with Crippen molar-refractivity contribution in [1.82, 2.24) is 0 Å². The van der Waals surface area contributed by atoms with Gasteiger partial charge < -0.3 is 10.5 Å². The van der Waals surface area contributed by atoms with Gasteiger partial charge in [-0.1, -0.05) is 25.1 Å². The van der Waals surface area contributed by atoms with Crippen molar-refractivity contribution in [3.8, 4) is 5.75 Å². The number of halogens is 3. The molecule has 0 aliphatic rings. The molecular formula is C12H16F3NO. The fourth-order valence-electron chi connectivity index (χ4n) is 1.32. The van der Waals surface area contributed by atoms with E-state index in [1.165, 1.54) is 18.2 Å². The van der Waals surface area contributed by atoms with Gasteiger partial charge in [-0.25, -0.2) is 0 Å². The zero-order valence-corrected chi connectivity index (χ0v) is 9.79. The number of hydrogen-bond donors (Lipinski definition) is 1. The molecule has 0 heterocycles. The summed E-state index contributed by atoms with van der Waals surface area (Å²) in [6, 6.07) is 3.99. The van der Waals surface area contributed by atoms with Gasteiger partial charge in [-0.3, -0.25) is 0 Å². The highest BCUT2D eigenvalue weighted by Crippen LogP contribution is 2.35. The van der Waals surface area contributed by atoms with E-state index in [0.29, 0.717) is 0 Å². The summed E-state index contributed by atoms with van der Waals surface area (Å²) >= 11 is 0. The molecule has 5 heteroatoms. The first-order valence-corrected chi connectivity index (χ1v) is 5.44. The minimum absolute atomic E-state index is 0.0275. The summed E-state index contributed by atoms with van der Waals surface area (Å²) in [6.45, 7) is 3.70. The Bertz CT molecular complexity index is 365. The lowest BCUT2D eigenvalue weighted by molar-refractivity contribution is -0.149. The molecule has 2 atom stereocenters. The first-order chi connectivity index (χ1) is 7.86. The zero-order valence-electron chi connectivity index (χ0n) is 9.79. The first kappa shape index (κ1) is 13.8. The second-order valence-corrected chi connectivity index (χ2v) is 3.89. The lowest BCUT2D eigenvalue weighted by Crippen LogP contribution is -2.29. The van der Waals surface area contributed by atoms with Crippen molar-refractivity contribution in [1.29, 1.82) is 0 Å². The maximum Gasteiger partial charge on any atom is 0.407 e. The molecule has 1 aromatic rings. The molecule has 0 bridgehead atoms. The second-order valence-electron chi connectivity index (χ2n) is 3.89. The Hall–Kier alpha value is -1.23. The molecular weight excluding hydrogens is 231 g/mol. The Morgan fingerprint density at radius 3 is 2.41 bits per heavy atom. The molecule has 0 aliphatic heterocycles. The van der Waals surface area contributed by atoms with Crippen LogP contribution < -0.4 is 10.5 Å². The van der Waals surface area contributed by atoms with Crippen LogP contribution in [0.4, 0.5) is 13.2 Å². The van der Waals surface area contributed by atoms with Crippen molar-refractivity contribution in [2.75, 3.05) is 0 Å². The van der Waals surface area contributed by atoms with Crippen molar-refractivity contribution in [2.45, 2.75) is 38.6 Å². The number of benzene rings is 1. The minimum Gasteiger partial charge on any atom is -0.490 e. The van der Waals surface area contributed by atoms with E-state index in [1.807, 2.05) is 6.92 Å². The highest BCUT2D eigenvalue weighted by atomic mass is 19.4. The van der Waals surface area contributed by atoms with Gasteiger partial charge >= 0.3 is 6.18 Å². The summed E-state index contributed by atoms with van der Waals surface area (Å²) in [5.41, 5.74) is 5.16. The Morgan fingerprint density at radius 2 is 1.88 bits per heavy atom. The van der Waals surface area contributed by atoms with E-state index < -0.39 is 12.2 Å². The maximum absolute atomic E-state index is 12.6. The summed E-state index contributed by atoms with van der Waals surface area (Å²) in [6.07, 6.45) is -3.89. The average Bonchev–Trinajstić information content (AvgIpc) is 2.27. The van der Waals surface area contributed by atoms with Crippen molar-refractivity contribution < 1.29 is 17.9 Å². The highest BCUT2D eigenvalue weighted by Gasteiger charge is 2.39. The van der Waals surface area contributed by atoms with Crippen molar-refractivity contribution >= 4 is 0 Å². The van der Waals surface area contributed by atoms with Crippen LogP contribution in [-0.2, 0) is 0 Å². The quantitative estimate of drug-likeness (QED) is 0.884. The van der Waals surface area contributed by atoms with Crippen LogP contribution in [0, 0.1) is 0 Å². The normalized spacial score (nSPS) is 15.4. The summed E-state index contributed by atoms with van der Waals surface area (Å²) in [7, 11) is 0. The van der Waals surface area contributed by atoms with E-state index >= 15 is 0 Å². The third-order valence-electron chi connectivity index (χ3n) is 2.51. The second kappa shape index (κ2) is 5.40. The SMILES string of the molecule is CCC(C)Oc1ccccc1[C@H](N)C(F)(F)F. The molecule has 2 N–H and O–H groups in total. The Morgan fingerprint density at radius 1 is 1.29 bits per heavy atom. The number of ether oxygens (including phenoxy) is 1. The van der Waals surface area contributed by atoms with Crippen molar-refractivity contribution in [3.05, 3.63) is 29.8 Å². The lowest BCUT2D eigenvalue weighted by atomic mass is 10.1. The van der Waals surface area contributed by atoms with Crippen molar-refractivity contribution in [3.63, 3.8) is 0 Å². The summed E-state index contributed by atoms with van der Waals surface area (Å²) < 4.78 is 43.1. The predicted molar refractivity (Wildman–Crippen MR) is 59.8 cm³/mol. The molecule has 0 saturated carbocycles. The number of alkyl halides is 3. The van der Waals surface area contributed by atoms with E-state index in [0.717, 1.165) is 6.42 Å². The third-order valence-corrected chi connectivity index (χ3v) is 2.51. The fourth-order valence-corrected chi connectivity index (χ4v) is 1.32. The molecule has 0 saturated heterocycles. The molecule has 0 fully saturated rings. The highest BCUT2D eigenvalue weighted by molar-refractivity contribution is 5.36. The monoisotopic (exact) mass is 247 g/mol. The van der Waals surface area contributed by atoms with Crippen LogP contribution in [-0.4, -0.2) is 12.3 Å². The first-order valence-electron chi connectivity index (χ1n) is 5.44. The summed E-state index contributed by atoms with van der Waals surface area (Å²) in [4.78, 5) is 0. The van der Waals surface area contributed by atoms with Gasteiger partial charge in [-0.2, -0.15) is 13.2 Å². The van der Waals surface area contributed by atoms with Gasteiger partial charge in [-0.15, -0.1) is 0 Å². The molecule has 17 heavy (non-hydrogen) atoms. The molecule has 2 nitrogen and oxygen atoms in total. The van der Waals surface area contributed by atoms with Crippen LogP contribution in [0.15, 0.2) is 24.3 Å². The lowest BCUT2D eigenvalue weighted by Gasteiger charge is -2.21. The molecule has 96 valence electrons. The average molecular weight is 247 g/mol. The van der Waals surface area contributed by atoms with Crippen LogP contribution >= 0.6 is 0 Å². The third kappa shape index (κ3) is 3.63. The van der Waals surface area contributed by atoms with Crippen LogP contribution in [0.5, 0.6) is 5.75 Å². The van der Waals surface area contributed by atoms with Gasteiger partial charge in [0.2, 0.25) is 0 Å². The van der Waals surface area contributed by atoms with E-state index in [9.17, 15) is 13.2 Å². The minimum atomic E-state index is -4.46. The van der Waals surface area contributed by atoms with E-state index in [1.54, 1.807) is 13.0 Å². The van der Waals surface area contributed by atoms with Gasteiger partial charge in [0.15, 0.2) is 0 Å². The van der Waals surface area contributed by atoms with E-state index in [-0.39, 0.29) is 17.4 Å². The molecule has 0 spiro atoms. The van der Waals surface area contributed by atoms with E-state index in [4.69, 9.17) is 10.5 Å². The molecule has 1 aromatic carbocycles. The number of para-hydroxylation sites is 1. The van der Waals surface area contributed by atoms with Crippen LogP contribution in [0.3, 0.4) is 0 Å². The Labute approximate surface area is 98.6 Å².